The topological polar surface area (TPSA) is 94.4 Å². The number of amides is 1. The van der Waals surface area contributed by atoms with Crippen molar-refractivity contribution in [3.05, 3.63) is 11.5 Å². The number of hydrogen-bond acceptors (Lipinski definition) is 6. The lowest BCUT2D eigenvalue weighted by molar-refractivity contribution is -0.131. The van der Waals surface area contributed by atoms with Crippen molar-refractivity contribution in [1.29, 1.82) is 5.41 Å². The van der Waals surface area contributed by atoms with Crippen molar-refractivity contribution >= 4 is 17.8 Å². The first-order valence-corrected chi connectivity index (χ1v) is 7.85. The highest BCUT2D eigenvalue weighted by Crippen LogP contribution is 2.42. The van der Waals surface area contributed by atoms with E-state index in [1.54, 1.807) is 19.0 Å². The van der Waals surface area contributed by atoms with Gasteiger partial charge in [0.25, 0.3) is 5.88 Å². The summed E-state index contributed by atoms with van der Waals surface area (Å²) in [6.07, 6.45) is 1.83. The first kappa shape index (κ1) is 16.4. The molecule has 9 heteroatoms. The molecule has 0 aromatic carbocycles. The van der Waals surface area contributed by atoms with Crippen molar-refractivity contribution in [3.8, 4) is 5.88 Å². The third-order valence-electron chi connectivity index (χ3n) is 4.36. The molecule has 1 aliphatic heterocycles. The fraction of sp³-hybridized carbons (Fsp3) is 0.600. The Bertz CT molecular complexity index is 678. The summed E-state index contributed by atoms with van der Waals surface area (Å²) in [5, 5.41) is 10.5. The highest BCUT2D eigenvalue weighted by Gasteiger charge is 2.33. The fourth-order valence-corrected chi connectivity index (χ4v) is 2.73. The predicted molar refractivity (Wildman–Crippen MR) is 85.8 cm³/mol. The van der Waals surface area contributed by atoms with Gasteiger partial charge in [0, 0.05) is 33.1 Å². The van der Waals surface area contributed by atoms with E-state index in [4.69, 9.17) is 10.1 Å². The second-order valence-corrected chi connectivity index (χ2v) is 6.21. The van der Waals surface area contributed by atoms with Crippen LogP contribution in [-0.2, 0) is 4.79 Å². The van der Waals surface area contributed by atoms with E-state index in [0.29, 0.717) is 24.7 Å². The van der Waals surface area contributed by atoms with Crippen LogP contribution in [0.2, 0.25) is 0 Å². The third-order valence-corrected chi connectivity index (χ3v) is 4.36. The van der Waals surface area contributed by atoms with Gasteiger partial charge in [-0.3, -0.25) is 15.1 Å². The number of hydrogen-bond donors (Lipinski definition) is 2. The van der Waals surface area contributed by atoms with E-state index in [9.17, 15) is 9.18 Å². The second-order valence-electron chi connectivity index (χ2n) is 6.21. The Morgan fingerprint density at radius 2 is 2.17 bits per heavy atom. The number of carbonyl (C=O) groups excluding carboxylic acids is 1. The number of halogens is 1. The van der Waals surface area contributed by atoms with Crippen LogP contribution in [-0.4, -0.2) is 61.0 Å². The lowest BCUT2D eigenvalue weighted by atomic mass is 10.1. The normalized spacial score (nSPS) is 20.8. The van der Waals surface area contributed by atoms with E-state index in [2.05, 4.69) is 15.3 Å². The molecule has 2 N–H and O–H groups in total. The van der Waals surface area contributed by atoms with Crippen molar-refractivity contribution in [3.63, 3.8) is 0 Å². The van der Waals surface area contributed by atoms with Crippen LogP contribution in [0, 0.1) is 17.1 Å². The third kappa shape index (κ3) is 2.98. The molecule has 0 spiro atoms. The van der Waals surface area contributed by atoms with E-state index < -0.39 is 5.82 Å². The molecule has 2 fully saturated rings. The number of anilines is 1. The number of carbonyl (C=O) groups is 1. The van der Waals surface area contributed by atoms with Crippen LogP contribution < -0.4 is 15.0 Å². The molecule has 1 saturated heterocycles. The first-order valence-electron chi connectivity index (χ1n) is 7.85. The summed E-state index contributed by atoms with van der Waals surface area (Å²) in [5.74, 6) is -0.485. The van der Waals surface area contributed by atoms with Crippen LogP contribution >= 0.6 is 0 Å². The molecule has 0 radical (unpaired) electrons. The maximum atomic E-state index is 14.3. The zero-order valence-corrected chi connectivity index (χ0v) is 14.0. The Hall–Kier alpha value is -2.45. The molecule has 2 heterocycles. The van der Waals surface area contributed by atoms with E-state index >= 15 is 0 Å². The number of rotatable bonds is 5. The minimum Gasteiger partial charge on any atom is -0.479 e. The Morgan fingerprint density at radius 3 is 2.79 bits per heavy atom. The monoisotopic (exact) mass is 336 g/mol. The summed E-state index contributed by atoms with van der Waals surface area (Å²) in [4.78, 5) is 23.7. The molecule has 2 aliphatic rings. The summed E-state index contributed by atoms with van der Waals surface area (Å²) >= 11 is 0. The minimum atomic E-state index is -0.499. The van der Waals surface area contributed by atoms with E-state index in [1.807, 2.05) is 0 Å². The van der Waals surface area contributed by atoms with E-state index in [1.165, 1.54) is 12.0 Å². The number of guanidine groups is 1. The van der Waals surface area contributed by atoms with Gasteiger partial charge in [-0.25, -0.2) is 4.98 Å². The quantitative estimate of drug-likeness (QED) is 0.815. The molecule has 1 atom stereocenters. The van der Waals surface area contributed by atoms with Crippen molar-refractivity contribution in [1.82, 2.24) is 20.2 Å². The molecule has 1 amide bonds. The lowest BCUT2D eigenvalue weighted by Gasteiger charge is -2.32. The Labute approximate surface area is 139 Å². The van der Waals surface area contributed by atoms with Crippen LogP contribution in [0.25, 0.3) is 0 Å². The average Bonchev–Trinajstić information content (AvgIpc) is 3.40. The molecule has 1 saturated carbocycles. The van der Waals surface area contributed by atoms with Gasteiger partial charge < -0.3 is 15.0 Å². The van der Waals surface area contributed by atoms with Crippen LogP contribution in [0.15, 0.2) is 0 Å². The molecular weight excluding hydrogens is 315 g/mol. The maximum absolute atomic E-state index is 14.3. The molecule has 24 heavy (non-hydrogen) atoms. The number of nitrogens with zero attached hydrogens (tertiary/aromatic N) is 4. The zero-order valence-electron chi connectivity index (χ0n) is 14.0. The van der Waals surface area contributed by atoms with Gasteiger partial charge in [-0.15, -0.1) is 0 Å². The van der Waals surface area contributed by atoms with Gasteiger partial charge in [-0.1, -0.05) is 0 Å². The van der Waals surface area contributed by atoms with E-state index in [-0.39, 0.29) is 29.6 Å². The van der Waals surface area contributed by atoms with Crippen LogP contribution in [0.1, 0.15) is 24.5 Å². The van der Waals surface area contributed by atoms with Crippen molar-refractivity contribution in [2.45, 2.75) is 18.8 Å². The smallest absolute Gasteiger partial charge is 0.255 e. The summed E-state index contributed by atoms with van der Waals surface area (Å²) < 4.78 is 19.3. The summed E-state index contributed by atoms with van der Waals surface area (Å²) in [6, 6.07) is 0. The second kappa shape index (κ2) is 6.21. The largest absolute Gasteiger partial charge is 0.479 e. The van der Waals surface area contributed by atoms with Gasteiger partial charge in [0.2, 0.25) is 17.7 Å². The van der Waals surface area contributed by atoms with Gasteiger partial charge in [0.1, 0.15) is 0 Å². The van der Waals surface area contributed by atoms with Gasteiger partial charge in [0.05, 0.1) is 18.7 Å². The zero-order chi connectivity index (χ0) is 17.4. The Balaban J connectivity index is 1.80. The standard InChI is InChI=1S/C15H21FN6O2/c1-21(7-9-6-18-14(17)22(2)13(9)23)15-19-11(8-4-5-8)10(16)12(20-15)24-3/h8-9H,4-7H2,1-3H3,(H2,17,18)/t9-/m0/s1. The van der Waals surface area contributed by atoms with E-state index in [0.717, 1.165) is 12.8 Å². The molecule has 8 nitrogen and oxygen atoms in total. The summed E-state index contributed by atoms with van der Waals surface area (Å²) in [5.41, 5.74) is 0.385. The molecule has 3 rings (SSSR count). The Kier molecular flexibility index (Phi) is 4.25. The van der Waals surface area contributed by atoms with Gasteiger partial charge in [-0.2, -0.15) is 9.37 Å². The SMILES string of the molecule is COc1nc(N(C)C[C@@H]2CNC(=N)N(C)C2=O)nc(C2CC2)c1F. The lowest BCUT2D eigenvalue weighted by Crippen LogP contribution is -2.55. The number of nitrogens with one attached hydrogen (secondary N) is 2. The number of aromatic nitrogens is 2. The van der Waals surface area contributed by atoms with Crippen molar-refractivity contribution < 1.29 is 13.9 Å². The minimum absolute atomic E-state index is 0.0688. The molecule has 1 aliphatic carbocycles. The van der Waals surface area contributed by atoms with Crippen LogP contribution in [0.3, 0.4) is 0 Å². The molecule has 130 valence electrons. The highest BCUT2D eigenvalue weighted by atomic mass is 19.1. The van der Waals surface area contributed by atoms with Crippen molar-refractivity contribution in [2.24, 2.45) is 5.92 Å². The van der Waals surface area contributed by atoms with Crippen LogP contribution in [0.4, 0.5) is 10.3 Å². The number of methoxy groups -OCH3 is 1. The number of ether oxygens (including phenoxy) is 1. The van der Waals surface area contributed by atoms with Crippen LogP contribution in [0.5, 0.6) is 5.88 Å². The van der Waals surface area contributed by atoms with Crippen molar-refractivity contribution in [2.75, 3.05) is 39.2 Å². The van der Waals surface area contributed by atoms with Gasteiger partial charge in [0.15, 0.2) is 5.96 Å². The summed E-state index contributed by atoms with van der Waals surface area (Å²) in [7, 11) is 4.70. The maximum Gasteiger partial charge on any atom is 0.255 e. The highest BCUT2D eigenvalue weighted by molar-refractivity contribution is 5.98. The molecular formula is C15H21FN6O2. The van der Waals surface area contributed by atoms with Gasteiger partial charge in [-0.05, 0) is 12.8 Å². The van der Waals surface area contributed by atoms with Gasteiger partial charge >= 0.3 is 0 Å². The first-order chi connectivity index (χ1) is 11.4. The summed E-state index contributed by atoms with van der Waals surface area (Å²) in [6.45, 7) is 0.739. The Morgan fingerprint density at radius 1 is 1.46 bits per heavy atom. The molecule has 0 unspecified atom stereocenters. The molecule has 1 aromatic rings. The fourth-order valence-electron chi connectivity index (χ4n) is 2.73. The average molecular weight is 336 g/mol. The molecule has 0 bridgehead atoms. The molecule has 1 aromatic heterocycles. The predicted octanol–water partition coefficient (Wildman–Crippen LogP) is 0.550.